The number of hydrogen-bond donors (Lipinski definition) is 2. The number of nitrogens with zero attached hydrogens (tertiary/aromatic N) is 3. The highest BCUT2D eigenvalue weighted by Crippen LogP contribution is 2.26. The molecule has 0 saturated heterocycles. The molecule has 4 aromatic rings. The molecule has 0 radical (unpaired) electrons. The van der Waals surface area contributed by atoms with Crippen molar-refractivity contribution in [2.24, 2.45) is 0 Å². The Morgan fingerprint density at radius 1 is 1.10 bits per heavy atom. The van der Waals surface area contributed by atoms with E-state index < -0.39 is 6.23 Å². The van der Waals surface area contributed by atoms with Crippen LogP contribution in [0.15, 0.2) is 83.6 Å². The Kier molecular flexibility index (Phi) is 5.97. The number of benzene rings is 2. The second-order valence-electron chi connectivity index (χ2n) is 6.62. The molecule has 2 aromatic heterocycles. The largest absolute Gasteiger partial charge is 0.368 e. The summed E-state index contributed by atoms with van der Waals surface area (Å²) in [6.45, 7) is 0. The maximum absolute atomic E-state index is 10.5. The number of aromatic nitrogens is 3. The fourth-order valence-corrected chi connectivity index (χ4v) is 3.79. The van der Waals surface area contributed by atoms with Gasteiger partial charge in [0.05, 0.1) is 17.9 Å². The Morgan fingerprint density at radius 3 is 2.55 bits per heavy atom. The van der Waals surface area contributed by atoms with Crippen LogP contribution in [-0.2, 0) is 0 Å². The van der Waals surface area contributed by atoms with Crippen LogP contribution in [0.3, 0.4) is 0 Å². The highest BCUT2D eigenvalue weighted by atomic mass is 32.2. The van der Waals surface area contributed by atoms with Crippen LogP contribution < -0.4 is 5.32 Å². The predicted octanol–water partition coefficient (Wildman–Crippen LogP) is 4.59. The molecule has 0 fully saturated rings. The molecular weight excluding hydrogens is 384 g/mol. The molecule has 29 heavy (non-hydrogen) atoms. The lowest BCUT2D eigenvalue weighted by Gasteiger charge is -2.17. The third-order valence-corrected chi connectivity index (χ3v) is 5.25. The SMILES string of the molecule is CSCC(c1ccccc1)n1cc(NC(O)c2cc(-c3ccccc3)on2)cn1. The molecule has 6 nitrogen and oxygen atoms in total. The number of aliphatic hydroxyl groups excluding tert-OH is 1. The highest BCUT2D eigenvalue weighted by molar-refractivity contribution is 7.98. The molecule has 0 bridgehead atoms. The lowest BCUT2D eigenvalue weighted by molar-refractivity contribution is 0.197. The molecular formula is C22H22N4O2S. The van der Waals surface area contributed by atoms with Crippen molar-refractivity contribution in [3.63, 3.8) is 0 Å². The van der Waals surface area contributed by atoms with Crippen molar-refractivity contribution in [1.29, 1.82) is 0 Å². The van der Waals surface area contributed by atoms with Gasteiger partial charge in [-0.25, -0.2) is 0 Å². The van der Waals surface area contributed by atoms with Gasteiger partial charge in [-0.2, -0.15) is 16.9 Å². The van der Waals surface area contributed by atoms with Crippen LogP contribution in [0.4, 0.5) is 5.69 Å². The van der Waals surface area contributed by atoms with Crippen molar-refractivity contribution < 1.29 is 9.63 Å². The first-order chi connectivity index (χ1) is 14.2. The molecule has 0 amide bonds. The van der Waals surface area contributed by atoms with Gasteiger partial charge in [-0.05, 0) is 11.8 Å². The third kappa shape index (κ3) is 4.52. The molecule has 148 valence electrons. The molecule has 2 N–H and O–H groups in total. The summed E-state index contributed by atoms with van der Waals surface area (Å²) in [7, 11) is 0. The van der Waals surface area contributed by atoms with E-state index in [9.17, 15) is 5.11 Å². The van der Waals surface area contributed by atoms with E-state index in [2.05, 4.69) is 34.0 Å². The van der Waals surface area contributed by atoms with Gasteiger partial charge in [0.25, 0.3) is 0 Å². The molecule has 0 aliphatic heterocycles. The summed E-state index contributed by atoms with van der Waals surface area (Å²) in [6, 6.07) is 21.8. The van der Waals surface area contributed by atoms with Gasteiger partial charge in [0, 0.05) is 23.6 Å². The minimum Gasteiger partial charge on any atom is -0.368 e. The molecule has 0 spiro atoms. The molecule has 0 aliphatic carbocycles. The van der Waals surface area contributed by atoms with Gasteiger partial charge in [0.2, 0.25) is 0 Å². The Balaban J connectivity index is 1.48. The van der Waals surface area contributed by atoms with Crippen molar-refractivity contribution in [3.05, 3.63) is 90.4 Å². The normalized spacial score (nSPS) is 13.2. The number of rotatable bonds is 8. The average molecular weight is 407 g/mol. The monoisotopic (exact) mass is 406 g/mol. The molecule has 2 atom stereocenters. The number of nitrogens with one attached hydrogen (secondary N) is 1. The number of thioether (sulfide) groups is 1. The molecule has 2 heterocycles. The Bertz CT molecular complexity index is 1030. The van der Waals surface area contributed by atoms with Crippen molar-refractivity contribution >= 4 is 17.4 Å². The van der Waals surface area contributed by atoms with E-state index in [1.165, 1.54) is 5.56 Å². The van der Waals surface area contributed by atoms with Gasteiger partial charge in [0.15, 0.2) is 12.0 Å². The number of hydrogen-bond acceptors (Lipinski definition) is 6. The summed E-state index contributed by atoms with van der Waals surface area (Å²) in [5.74, 6) is 1.51. The Hall–Kier alpha value is -3.03. The summed E-state index contributed by atoms with van der Waals surface area (Å²) >= 11 is 1.77. The standard InChI is InChI=1S/C22H22N4O2S/c1-29-15-20(16-8-4-2-5-9-16)26-14-18(13-23-26)24-22(27)19-12-21(28-25-19)17-10-6-3-7-11-17/h2-14,20,22,24,27H,15H2,1H3. The third-order valence-electron chi connectivity index (χ3n) is 4.60. The molecule has 0 aliphatic rings. The van der Waals surface area contributed by atoms with Crippen molar-refractivity contribution in [3.8, 4) is 11.3 Å². The van der Waals surface area contributed by atoms with E-state index in [1.807, 2.05) is 59.4 Å². The van der Waals surface area contributed by atoms with E-state index in [-0.39, 0.29) is 6.04 Å². The lowest BCUT2D eigenvalue weighted by Crippen LogP contribution is -2.14. The first kappa shape index (κ1) is 19.3. The van der Waals surface area contributed by atoms with Crippen LogP contribution in [0.5, 0.6) is 0 Å². The van der Waals surface area contributed by atoms with E-state index in [1.54, 1.807) is 24.0 Å². The maximum atomic E-state index is 10.5. The van der Waals surface area contributed by atoms with Crippen LogP contribution >= 0.6 is 11.8 Å². The smallest absolute Gasteiger partial charge is 0.171 e. The van der Waals surface area contributed by atoms with Gasteiger partial charge in [-0.3, -0.25) is 4.68 Å². The van der Waals surface area contributed by atoms with Crippen LogP contribution in [-0.4, -0.2) is 32.1 Å². The first-order valence-electron chi connectivity index (χ1n) is 9.29. The zero-order valence-electron chi connectivity index (χ0n) is 16.0. The van der Waals surface area contributed by atoms with Crippen LogP contribution in [0.2, 0.25) is 0 Å². The zero-order chi connectivity index (χ0) is 20.1. The quantitative estimate of drug-likeness (QED) is 0.417. The van der Waals surface area contributed by atoms with Gasteiger partial charge in [-0.1, -0.05) is 65.8 Å². The zero-order valence-corrected chi connectivity index (χ0v) is 16.8. The van der Waals surface area contributed by atoms with Gasteiger partial charge < -0.3 is 14.9 Å². The topological polar surface area (TPSA) is 76.1 Å². The minimum absolute atomic E-state index is 0.121. The number of anilines is 1. The fourth-order valence-electron chi connectivity index (χ4n) is 3.13. The second kappa shape index (κ2) is 8.98. The predicted molar refractivity (Wildman–Crippen MR) is 116 cm³/mol. The van der Waals surface area contributed by atoms with Crippen molar-refractivity contribution in [2.75, 3.05) is 17.3 Å². The molecule has 7 heteroatoms. The summed E-state index contributed by atoms with van der Waals surface area (Å²) in [5, 5.41) is 22.0. The molecule has 0 saturated carbocycles. The van der Waals surface area contributed by atoms with E-state index in [0.717, 1.165) is 11.3 Å². The minimum atomic E-state index is -0.996. The summed E-state index contributed by atoms with van der Waals surface area (Å²) in [6.07, 6.45) is 4.69. The van der Waals surface area contributed by atoms with E-state index in [4.69, 9.17) is 4.52 Å². The molecule has 2 aromatic carbocycles. The highest BCUT2D eigenvalue weighted by Gasteiger charge is 2.18. The first-order valence-corrected chi connectivity index (χ1v) is 10.7. The van der Waals surface area contributed by atoms with Gasteiger partial charge in [-0.15, -0.1) is 0 Å². The fraction of sp³-hybridized carbons (Fsp3) is 0.182. The lowest BCUT2D eigenvalue weighted by atomic mass is 10.1. The summed E-state index contributed by atoms with van der Waals surface area (Å²) < 4.78 is 7.28. The second-order valence-corrected chi connectivity index (χ2v) is 7.53. The number of aliphatic hydroxyl groups is 1. The van der Waals surface area contributed by atoms with E-state index in [0.29, 0.717) is 17.1 Å². The van der Waals surface area contributed by atoms with Crippen LogP contribution in [0.1, 0.15) is 23.5 Å². The van der Waals surface area contributed by atoms with Crippen molar-refractivity contribution in [1.82, 2.24) is 14.9 Å². The van der Waals surface area contributed by atoms with Gasteiger partial charge in [0.1, 0.15) is 5.69 Å². The Morgan fingerprint density at radius 2 is 1.83 bits per heavy atom. The summed E-state index contributed by atoms with van der Waals surface area (Å²) in [4.78, 5) is 0. The van der Waals surface area contributed by atoms with Crippen LogP contribution in [0, 0.1) is 0 Å². The van der Waals surface area contributed by atoms with E-state index >= 15 is 0 Å². The average Bonchev–Trinajstić information content (AvgIpc) is 3.43. The maximum Gasteiger partial charge on any atom is 0.171 e. The molecule has 4 rings (SSSR count). The summed E-state index contributed by atoms with van der Waals surface area (Å²) in [5.41, 5.74) is 3.24. The molecule has 2 unspecified atom stereocenters. The van der Waals surface area contributed by atoms with Crippen molar-refractivity contribution in [2.45, 2.75) is 12.3 Å². The van der Waals surface area contributed by atoms with Crippen LogP contribution in [0.25, 0.3) is 11.3 Å². The van der Waals surface area contributed by atoms with Gasteiger partial charge >= 0.3 is 0 Å². The Labute approximate surface area is 173 Å².